The van der Waals surface area contributed by atoms with Crippen molar-refractivity contribution in [2.75, 3.05) is 6.54 Å². The van der Waals surface area contributed by atoms with E-state index in [-0.39, 0.29) is 6.04 Å². The summed E-state index contributed by atoms with van der Waals surface area (Å²) in [5.41, 5.74) is 6.68. The molecule has 1 unspecified atom stereocenters. The molecule has 0 aromatic carbocycles. The van der Waals surface area contributed by atoms with E-state index < -0.39 is 0 Å². The molecule has 0 bridgehead atoms. The van der Waals surface area contributed by atoms with Gasteiger partial charge in [0.25, 0.3) is 0 Å². The van der Waals surface area contributed by atoms with Crippen molar-refractivity contribution in [3.63, 3.8) is 0 Å². The summed E-state index contributed by atoms with van der Waals surface area (Å²) in [4.78, 5) is 4.03. The van der Waals surface area contributed by atoms with Crippen molar-refractivity contribution in [1.29, 1.82) is 0 Å². The number of aromatic nitrogens is 2. The monoisotopic (exact) mass is 219 g/mol. The standard InChI is InChI=1S/C8H11Cl2N3/c9-7-6-3-1-2-5(4-11)13(6)8(10)12-7/h5H,1-4,11H2. The highest BCUT2D eigenvalue weighted by molar-refractivity contribution is 6.33. The van der Waals surface area contributed by atoms with E-state index in [2.05, 4.69) is 4.98 Å². The Hall–Kier alpha value is -0.250. The smallest absolute Gasteiger partial charge is 0.204 e. The van der Waals surface area contributed by atoms with Crippen molar-refractivity contribution in [1.82, 2.24) is 9.55 Å². The molecule has 0 aliphatic carbocycles. The average molecular weight is 220 g/mol. The largest absolute Gasteiger partial charge is 0.328 e. The summed E-state index contributed by atoms with van der Waals surface area (Å²) < 4.78 is 1.97. The van der Waals surface area contributed by atoms with Gasteiger partial charge >= 0.3 is 0 Å². The summed E-state index contributed by atoms with van der Waals surface area (Å²) in [5.74, 6) is 0. The molecule has 0 fully saturated rings. The number of hydrogen-bond acceptors (Lipinski definition) is 2. The highest BCUT2D eigenvalue weighted by atomic mass is 35.5. The van der Waals surface area contributed by atoms with Crippen LogP contribution in [0.3, 0.4) is 0 Å². The van der Waals surface area contributed by atoms with Gasteiger partial charge in [0.1, 0.15) is 0 Å². The Balaban J connectivity index is 2.48. The molecule has 1 aromatic heterocycles. The van der Waals surface area contributed by atoms with Crippen molar-refractivity contribution < 1.29 is 0 Å². The zero-order valence-corrected chi connectivity index (χ0v) is 8.65. The fraction of sp³-hybridized carbons (Fsp3) is 0.625. The topological polar surface area (TPSA) is 43.8 Å². The Morgan fingerprint density at radius 2 is 2.31 bits per heavy atom. The lowest BCUT2D eigenvalue weighted by molar-refractivity contribution is 0.410. The second-order valence-electron chi connectivity index (χ2n) is 3.27. The van der Waals surface area contributed by atoms with Gasteiger partial charge in [-0.15, -0.1) is 0 Å². The van der Waals surface area contributed by atoms with E-state index in [0.29, 0.717) is 17.0 Å². The van der Waals surface area contributed by atoms with E-state index in [4.69, 9.17) is 28.9 Å². The Morgan fingerprint density at radius 3 is 3.00 bits per heavy atom. The maximum atomic E-state index is 5.95. The molecule has 0 saturated carbocycles. The molecule has 2 heterocycles. The quantitative estimate of drug-likeness (QED) is 0.786. The zero-order valence-electron chi connectivity index (χ0n) is 7.13. The minimum Gasteiger partial charge on any atom is -0.328 e. The molecule has 1 aliphatic rings. The molecule has 3 nitrogen and oxygen atoms in total. The van der Waals surface area contributed by atoms with Gasteiger partial charge in [-0.1, -0.05) is 11.6 Å². The van der Waals surface area contributed by atoms with E-state index in [1.54, 1.807) is 0 Å². The van der Waals surface area contributed by atoms with Gasteiger partial charge < -0.3 is 10.3 Å². The van der Waals surface area contributed by atoms with Crippen LogP contribution < -0.4 is 5.73 Å². The third kappa shape index (κ3) is 1.45. The molecular formula is C8H11Cl2N3. The summed E-state index contributed by atoms with van der Waals surface area (Å²) in [7, 11) is 0. The van der Waals surface area contributed by atoms with Crippen LogP contribution in [-0.2, 0) is 6.42 Å². The lowest BCUT2D eigenvalue weighted by atomic mass is 10.0. The molecule has 1 atom stereocenters. The summed E-state index contributed by atoms with van der Waals surface area (Å²) in [6.45, 7) is 0.597. The SMILES string of the molecule is NCC1CCCc2c(Cl)nc(Cl)n21. The molecule has 0 amide bonds. The van der Waals surface area contributed by atoms with Gasteiger partial charge in [-0.2, -0.15) is 0 Å². The van der Waals surface area contributed by atoms with Crippen LogP contribution in [0.5, 0.6) is 0 Å². The van der Waals surface area contributed by atoms with Crippen LogP contribution in [0.4, 0.5) is 0 Å². The van der Waals surface area contributed by atoms with Crippen molar-refractivity contribution in [3.8, 4) is 0 Å². The second kappa shape index (κ2) is 3.48. The molecule has 2 rings (SSSR count). The fourth-order valence-corrected chi connectivity index (χ4v) is 2.50. The number of nitrogens with zero attached hydrogens (tertiary/aromatic N) is 2. The van der Waals surface area contributed by atoms with Crippen molar-refractivity contribution in [2.24, 2.45) is 5.73 Å². The van der Waals surface area contributed by atoms with Gasteiger partial charge in [0, 0.05) is 12.6 Å². The minimum atomic E-state index is 0.274. The molecular weight excluding hydrogens is 209 g/mol. The Bertz CT molecular complexity index is 321. The number of nitrogens with two attached hydrogens (primary N) is 1. The summed E-state index contributed by atoms with van der Waals surface area (Å²) in [6.07, 6.45) is 3.13. The van der Waals surface area contributed by atoms with Crippen LogP contribution in [0.1, 0.15) is 24.6 Å². The first-order valence-electron chi connectivity index (χ1n) is 4.36. The molecule has 1 aliphatic heterocycles. The maximum Gasteiger partial charge on any atom is 0.204 e. The summed E-state index contributed by atoms with van der Waals surface area (Å²) in [6, 6.07) is 0.274. The van der Waals surface area contributed by atoms with E-state index in [1.807, 2.05) is 4.57 Å². The number of halogens is 2. The first-order valence-corrected chi connectivity index (χ1v) is 5.11. The first-order chi connectivity index (χ1) is 6.24. The minimum absolute atomic E-state index is 0.274. The Labute approximate surface area is 86.8 Å². The predicted molar refractivity (Wildman–Crippen MR) is 53.3 cm³/mol. The number of imidazole rings is 1. The van der Waals surface area contributed by atoms with E-state index in [1.165, 1.54) is 0 Å². The molecule has 0 saturated heterocycles. The van der Waals surface area contributed by atoms with E-state index >= 15 is 0 Å². The fourth-order valence-electron chi connectivity index (χ4n) is 1.86. The predicted octanol–water partition coefficient (Wildman–Crippen LogP) is 2.03. The van der Waals surface area contributed by atoms with Gasteiger partial charge in [0.2, 0.25) is 5.28 Å². The highest BCUT2D eigenvalue weighted by Gasteiger charge is 2.24. The summed E-state index contributed by atoms with van der Waals surface area (Å²) >= 11 is 11.9. The normalized spacial score (nSPS) is 21.6. The number of hydrogen-bond donors (Lipinski definition) is 1. The lowest BCUT2D eigenvalue weighted by Gasteiger charge is -2.24. The zero-order chi connectivity index (χ0) is 9.42. The molecule has 13 heavy (non-hydrogen) atoms. The molecule has 72 valence electrons. The van der Waals surface area contributed by atoms with Crippen LogP contribution in [0.2, 0.25) is 10.4 Å². The lowest BCUT2D eigenvalue weighted by Crippen LogP contribution is -2.24. The third-order valence-corrected chi connectivity index (χ3v) is 3.08. The van der Waals surface area contributed by atoms with Gasteiger partial charge in [-0.3, -0.25) is 0 Å². The maximum absolute atomic E-state index is 5.95. The van der Waals surface area contributed by atoms with Gasteiger partial charge in [-0.25, -0.2) is 4.98 Å². The third-order valence-electron chi connectivity index (χ3n) is 2.51. The van der Waals surface area contributed by atoms with Crippen LogP contribution >= 0.6 is 23.2 Å². The van der Waals surface area contributed by atoms with Crippen LogP contribution in [0.15, 0.2) is 0 Å². The average Bonchev–Trinajstić information content (AvgIpc) is 2.43. The van der Waals surface area contributed by atoms with Crippen molar-refractivity contribution >= 4 is 23.2 Å². The Kier molecular flexibility index (Phi) is 2.49. The Morgan fingerprint density at radius 1 is 1.54 bits per heavy atom. The number of fused-ring (bicyclic) bond motifs is 1. The molecule has 2 N–H and O–H groups in total. The molecule has 0 radical (unpaired) electrons. The van der Waals surface area contributed by atoms with Crippen LogP contribution in [-0.4, -0.2) is 16.1 Å². The first kappa shape index (κ1) is 9.31. The van der Waals surface area contributed by atoms with Crippen LogP contribution in [0.25, 0.3) is 0 Å². The summed E-state index contributed by atoms with van der Waals surface area (Å²) in [5, 5.41) is 0.998. The van der Waals surface area contributed by atoms with Gasteiger partial charge in [0.15, 0.2) is 5.15 Å². The van der Waals surface area contributed by atoms with Crippen LogP contribution in [0, 0.1) is 0 Å². The van der Waals surface area contributed by atoms with E-state index in [9.17, 15) is 0 Å². The molecule has 0 spiro atoms. The van der Waals surface area contributed by atoms with Crippen molar-refractivity contribution in [2.45, 2.75) is 25.3 Å². The van der Waals surface area contributed by atoms with Gasteiger partial charge in [-0.05, 0) is 30.9 Å². The molecule has 5 heteroatoms. The second-order valence-corrected chi connectivity index (χ2v) is 3.97. The van der Waals surface area contributed by atoms with Gasteiger partial charge in [0.05, 0.1) is 5.69 Å². The number of rotatable bonds is 1. The van der Waals surface area contributed by atoms with E-state index in [0.717, 1.165) is 25.0 Å². The van der Waals surface area contributed by atoms with Crippen molar-refractivity contribution in [3.05, 3.63) is 16.1 Å². The molecule has 1 aromatic rings. The highest BCUT2D eigenvalue weighted by Crippen LogP contribution is 2.32.